The number of imidazole rings is 1. The lowest BCUT2D eigenvalue weighted by Gasteiger charge is -1.95. The zero-order valence-electron chi connectivity index (χ0n) is 8.82. The highest BCUT2D eigenvalue weighted by atomic mass is 16.3. The van der Waals surface area contributed by atoms with Crippen molar-refractivity contribution in [1.82, 2.24) is 14.4 Å². The van der Waals surface area contributed by atoms with E-state index in [1.54, 1.807) is 22.9 Å². The van der Waals surface area contributed by atoms with Gasteiger partial charge in [-0.15, -0.1) is 4.91 Å². The minimum atomic E-state index is 0.277. The SMILES string of the molecule is O=Nc1c(-c2ccccc2)nc2ncccn12. The van der Waals surface area contributed by atoms with E-state index in [1.165, 1.54) is 0 Å². The number of benzene rings is 1. The Morgan fingerprint density at radius 3 is 2.71 bits per heavy atom. The topological polar surface area (TPSA) is 59.6 Å². The molecule has 0 aliphatic carbocycles. The predicted molar refractivity (Wildman–Crippen MR) is 63.9 cm³/mol. The van der Waals surface area contributed by atoms with E-state index in [1.807, 2.05) is 30.3 Å². The van der Waals surface area contributed by atoms with Crippen LogP contribution in [0.15, 0.2) is 54.0 Å². The average molecular weight is 224 g/mol. The number of rotatable bonds is 2. The molecule has 1 aromatic carbocycles. The van der Waals surface area contributed by atoms with Crippen LogP contribution in [0.4, 0.5) is 5.82 Å². The van der Waals surface area contributed by atoms with Crippen LogP contribution in [0.25, 0.3) is 17.0 Å². The molecule has 5 heteroatoms. The van der Waals surface area contributed by atoms with Crippen molar-refractivity contribution in [1.29, 1.82) is 0 Å². The van der Waals surface area contributed by atoms with Gasteiger partial charge in [0.15, 0.2) is 0 Å². The molecule has 5 nitrogen and oxygen atoms in total. The molecule has 0 atom stereocenters. The summed E-state index contributed by atoms with van der Waals surface area (Å²) in [5.74, 6) is 0.750. The van der Waals surface area contributed by atoms with Gasteiger partial charge in [0.25, 0.3) is 0 Å². The van der Waals surface area contributed by atoms with Crippen LogP contribution in [-0.2, 0) is 0 Å². The molecular weight excluding hydrogens is 216 g/mol. The largest absolute Gasteiger partial charge is 0.265 e. The first kappa shape index (κ1) is 9.65. The quantitative estimate of drug-likeness (QED) is 0.629. The molecule has 0 saturated carbocycles. The lowest BCUT2D eigenvalue weighted by atomic mass is 10.1. The Hall–Kier alpha value is -2.56. The number of aromatic nitrogens is 3. The van der Waals surface area contributed by atoms with E-state index < -0.39 is 0 Å². The molecule has 0 fully saturated rings. The second-order valence-corrected chi connectivity index (χ2v) is 3.53. The highest BCUT2D eigenvalue weighted by Crippen LogP contribution is 2.29. The Labute approximate surface area is 96.7 Å². The first-order valence-electron chi connectivity index (χ1n) is 5.12. The van der Waals surface area contributed by atoms with Crippen molar-refractivity contribution >= 4 is 11.6 Å². The molecule has 17 heavy (non-hydrogen) atoms. The van der Waals surface area contributed by atoms with Crippen LogP contribution in [0.1, 0.15) is 0 Å². The van der Waals surface area contributed by atoms with E-state index in [9.17, 15) is 4.91 Å². The molecule has 3 rings (SSSR count). The van der Waals surface area contributed by atoms with Gasteiger partial charge >= 0.3 is 0 Å². The minimum Gasteiger partial charge on any atom is -0.265 e. The summed E-state index contributed by atoms with van der Waals surface area (Å²) in [7, 11) is 0. The summed E-state index contributed by atoms with van der Waals surface area (Å²) < 4.78 is 1.58. The van der Waals surface area contributed by atoms with Crippen molar-refractivity contribution in [2.24, 2.45) is 5.18 Å². The highest BCUT2D eigenvalue weighted by molar-refractivity contribution is 5.73. The van der Waals surface area contributed by atoms with Crippen molar-refractivity contribution in [2.45, 2.75) is 0 Å². The van der Waals surface area contributed by atoms with Crippen LogP contribution in [0, 0.1) is 4.91 Å². The third-order valence-electron chi connectivity index (χ3n) is 2.51. The number of hydrogen-bond donors (Lipinski definition) is 0. The van der Waals surface area contributed by atoms with Crippen LogP contribution in [-0.4, -0.2) is 14.4 Å². The molecule has 0 bridgehead atoms. The van der Waals surface area contributed by atoms with Gasteiger partial charge in [0.2, 0.25) is 11.6 Å². The molecule has 0 aliphatic rings. The molecule has 0 spiro atoms. The lowest BCUT2D eigenvalue weighted by molar-refractivity contribution is 1.10. The van der Waals surface area contributed by atoms with Gasteiger partial charge in [0.05, 0.1) is 0 Å². The van der Waals surface area contributed by atoms with Gasteiger partial charge in [-0.3, -0.25) is 4.40 Å². The van der Waals surface area contributed by atoms with E-state index in [0.717, 1.165) is 5.56 Å². The summed E-state index contributed by atoms with van der Waals surface area (Å²) in [5, 5.41) is 3.05. The summed E-state index contributed by atoms with van der Waals surface area (Å²) in [4.78, 5) is 19.3. The van der Waals surface area contributed by atoms with Crippen molar-refractivity contribution in [3.05, 3.63) is 53.7 Å². The predicted octanol–water partition coefficient (Wildman–Crippen LogP) is 2.79. The normalized spacial score (nSPS) is 10.6. The van der Waals surface area contributed by atoms with Gasteiger partial charge in [-0.25, -0.2) is 9.97 Å². The van der Waals surface area contributed by atoms with Gasteiger partial charge in [0.1, 0.15) is 5.69 Å². The number of nitrogens with zero attached hydrogens (tertiary/aromatic N) is 4. The molecule has 3 aromatic rings. The molecule has 0 aliphatic heterocycles. The van der Waals surface area contributed by atoms with Crippen molar-refractivity contribution < 1.29 is 0 Å². The van der Waals surface area contributed by atoms with E-state index in [0.29, 0.717) is 11.5 Å². The average Bonchev–Trinajstić information content (AvgIpc) is 2.78. The van der Waals surface area contributed by atoms with Gasteiger partial charge in [-0.1, -0.05) is 30.3 Å². The summed E-state index contributed by atoms with van der Waals surface area (Å²) in [6.45, 7) is 0. The maximum atomic E-state index is 10.9. The smallest absolute Gasteiger partial charge is 0.236 e. The van der Waals surface area contributed by atoms with E-state index >= 15 is 0 Å². The van der Waals surface area contributed by atoms with Gasteiger partial charge in [-0.2, -0.15) is 0 Å². The van der Waals surface area contributed by atoms with Crippen LogP contribution in [0.2, 0.25) is 0 Å². The third-order valence-corrected chi connectivity index (χ3v) is 2.51. The van der Waals surface area contributed by atoms with Gasteiger partial charge in [-0.05, 0) is 11.2 Å². The van der Waals surface area contributed by atoms with E-state index in [-0.39, 0.29) is 5.82 Å². The van der Waals surface area contributed by atoms with Crippen molar-refractivity contribution in [3.63, 3.8) is 0 Å². The van der Waals surface area contributed by atoms with Gasteiger partial charge < -0.3 is 0 Å². The fraction of sp³-hybridized carbons (Fsp3) is 0. The van der Waals surface area contributed by atoms with Crippen LogP contribution in [0.3, 0.4) is 0 Å². The second kappa shape index (κ2) is 3.79. The Bertz CT molecular complexity index is 675. The van der Waals surface area contributed by atoms with Crippen LogP contribution in [0.5, 0.6) is 0 Å². The zero-order valence-corrected chi connectivity index (χ0v) is 8.82. The summed E-state index contributed by atoms with van der Waals surface area (Å²) in [6, 6.07) is 11.2. The van der Waals surface area contributed by atoms with Crippen molar-refractivity contribution in [3.8, 4) is 11.3 Å². The molecule has 2 heterocycles. The zero-order chi connectivity index (χ0) is 11.7. The lowest BCUT2D eigenvalue weighted by Crippen LogP contribution is -1.84. The third kappa shape index (κ3) is 1.48. The first-order valence-corrected chi connectivity index (χ1v) is 5.12. The molecule has 2 aromatic heterocycles. The second-order valence-electron chi connectivity index (χ2n) is 3.53. The molecule has 0 radical (unpaired) electrons. The maximum Gasteiger partial charge on any atom is 0.236 e. The van der Waals surface area contributed by atoms with Gasteiger partial charge in [0, 0.05) is 18.0 Å². The van der Waals surface area contributed by atoms with Crippen LogP contribution >= 0.6 is 0 Å². The maximum absolute atomic E-state index is 10.9. The molecule has 0 N–H and O–H groups in total. The van der Waals surface area contributed by atoms with E-state index in [4.69, 9.17) is 0 Å². The monoisotopic (exact) mass is 224 g/mol. The number of fused-ring (bicyclic) bond motifs is 1. The molecular formula is C12H8N4O. The minimum absolute atomic E-state index is 0.277. The first-order chi connectivity index (χ1) is 8.40. The molecule has 0 unspecified atom stereocenters. The van der Waals surface area contributed by atoms with E-state index in [2.05, 4.69) is 15.1 Å². The Balaban J connectivity index is 2.33. The molecule has 0 saturated heterocycles. The summed E-state index contributed by atoms with van der Waals surface area (Å²) in [6.07, 6.45) is 3.35. The Morgan fingerprint density at radius 1 is 1.12 bits per heavy atom. The number of hydrogen-bond acceptors (Lipinski definition) is 4. The number of nitroso groups, excluding NO2 is 1. The Kier molecular flexibility index (Phi) is 2.15. The fourth-order valence-electron chi connectivity index (χ4n) is 1.75. The molecule has 0 amide bonds. The van der Waals surface area contributed by atoms with Crippen LogP contribution < -0.4 is 0 Å². The summed E-state index contributed by atoms with van der Waals surface area (Å²) in [5.41, 5.74) is 1.41. The highest BCUT2D eigenvalue weighted by Gasteiger charge is 2.14. The standard InChI is InChI=1S/C12H8N4O/c17-15-11-10(9-5-2-1-3-6-9)14-12-13-7-4-8-16(11)12/h1-8H. The fourth-order valence-corrected chi connectivity index (χ4v) is 1.75. The Morgan fingerprint density at radius 2 is 1.94 bits per heavy atom. The van der Waals surface area contributed by atoms with Crippen molar-refractivity contribution in [2.75, 3.05) is 0 Å². The summed E-state index contributed by atoms with van der Waals surface area (Å²) >= 11 is 0. The molecule has 82 valence electrons.